The first-order chi connectivity index (χ1) is 6.27. The highest BCUT2D eigenvalue weighted by Crippen LogP contribution is 2.17. The molecule has 0 saturated heterocycles. The van der Waals surface area contributed by atoms with Crippen molar-refractivity contribution in [2.45, 2.75) is 32.7 Å². The van der Waals surface area contributed by atoms with Crippen LogP contribution in [0.2, 0.25) is 0 Å². The van der Waals surface area contributed by atoms with E-state index in [0.717, 1.165) is 24.2 Å². The lowest BCUT2D eigenvalue weighted by Gasteiger charge is -2.17. The van der Waals surface area contributed by atoms with E-state index in [-0.39, 0.29) is 0 Å². The number of nitrogens with zero attached hydrogens (tertiary/aromatic N) is 1. The Morgan fingerprint density at radius 1 is 1.46 bits per heavy atom. The molecule has 0 saturated carbocycles. The zero-order valence-corrected chi connectivity index (χ0v) is 8.25. The molecule has 3 heteroatoms. The van der Waals surface area contributed by atoms with E-state index in [2.05, 4.69) is 24.1 Å². The number of rotatable bonds is 4. The van der Waals surface area contributed by atoms with Crippen molar-refractivity contribution in [3.8, 4) is 0 Å². The van der Waals surface area contributed by atoms with E-state index in [1.54, 1.807) is 12.4 Å². The van der Waals surface area contributed by atoms with Crippen LogP contribution in [-0.4, -0.2) is 11.0 Å². The quantitative estimate of drug-likeness (QED) is 0.745. The summed E-state index contributed by atoms with van der Waals surface area (Å²) < 4.78 is 0. The Hall–Kier alpha value is -1.25. The van der Waals surface area contributed by atoms with Crippen molar-refractivity contribution in [2.24, 2.45) is 0 Å². The van der Waals surface area contributed by atoms with Crippen LogP contribution in [0.25, 0.3) is 0 Å². The summed E-state index contributed by atoms with van der Waals surface area (Å²) in [5.41, 5.74) is 7.46. The van der Waals surface area contributed by atoms with Crippen molar-refractivity contribution in [1.82, 2.24) is 4.98 Å². The molecule has 1 heterocycles. The van der Waals surface area contributed by atoms with E-state index in [0.29, 0.717) is 6.04 Å². The van der Waals surface area contributed by atoms with Crippen LogP contribution >= 0.6 is 0 Å². The summed E-state index contributed by atoms with van der Waals surface area (Å²) in [6.07, 6.45) is 5.64. The monoisotopic (exact) mass is 179 g/mol. The van der Waals surface area contributed by atoms with Crippen LogP contribution in [0, 0.1) is 0 Å². The van der Waals surface area contributed by atoms with Crippen LogP contribution in [0.15, 0.2) is 18.5 Å². The number of anilines is 2. The summed E-state index contributed by atoms with van der Waals surface area (Å²) in [5.74, 6) is 0. The second-order valence-corrected chi connectivity index (χ2v) is 3.12. The number of nitrogens with two attached hydrogens (primary N) is 1. The largest absolute Gasteiger partial charge is 0.396 e. The van der Waals surface area contributed by atoms with Gasteiger partial charge in [0.2, 0.25) is 0 Å². The van der Waals surface area contributed by atoms with Crippen molar-refractivity contribution in [3.05, 3.63) is 18.5 Å². The zero-order chi connectivity index (χ0) is 9.68. The van der Waals surface area contributed by atoms with Crippen molar-refractivity contribution in [3.63, 3.8) is 0 Å². The van der Waals surface area contributed by atoms with E-state index >= 15 is 0 Å². The van der Waals surface area contributed by atoms with E-state index in [4.69, 9.17) is 5.73 Å². The van der Waals surface area contributed by atoms with Gasteiger partial charge in [-0.05, 0) is 18.9 Å². The molecule has 0 aromatic carbocycles. The second kappa shape index (κ2) is 4.70. The molecule has 0 fully saturated rings. The molecule has 1 aromatic heterocycles. The number of pyridine rings is 1. The molecule has 13 heavy (non-hydrogen) atoms. The van der Waals surface area contributed by atoms with Gasteiger partial charge in [-0.15, -0.1) is 0 Å². The van der Waals surface area contributed by atoms with Gasteiger partial charge in [-0.2, -0.15) is 0 Å². The predicted molar refractivity (Wildman–Crippen MR) is 56.6 cm³/mol. The lowest BCUT2D eigenvalue weighted by Crippen LogP contribution is -2.17. The number of aromatic nitrogens is 1. The molecule has 1 rings (SSSR count). The molecule has 0 unspecified atom stereocenters. The maximum absolute atomic E-state index is 5.75. The highest BCUT2D eigenvalue weighted by Gasteiger charge is 2.04. The fraction of sp³-hybridized carbons (Fsp3) is 0.500. The van der Waals surface area contributed by atoms with E-state index in [1.165, 1.54) is 0 Å². The average Bonchev–Trinajstić information content (AvgIpc) is 2.17. The zero-order valence-electron chi connectivity index (χ0n) is 8.25. The highest BCUT2D eigenvalue weighted by atomic mass is 14.9. The standard InChI is InChI=1S/C10H17N3/c1-3-8(4-2)13-10-5-6-12-7-9(10)11/h5-8H,3-4,11H2,1-2H3,(H,12,13). The molecule has 0 aliphatic heterocycles. The van der Waals surface area contributed by atoms with Crippen LogP contribution in [0.4, 0.5) is 11.4 Å². The van der Waals surface area contributed by atoms with E-state index in [1.807, 2.05) is 6.07 Å². The van der Waals surface area contributed by atoms with Gasteiger partial charge < -0.3 is 11.1 Å². The van der Waals surface area contributed by atoms with Crippen LogP contribution < -0.4 is 11.1 Å². The maximum atomic E-state index is 5.75. The Labute approximate surface area is 79.4 Å². The molecular formula is C10H17N3. The molecule has 72 valence electrons. The van der Waals surface area contributed by atoms with Gasteiger partial charge in [0, 0.05) is 12.2 Å². The number of nitrogen functional groups attached to an aromatic ring is 1. The number of hydrogen-bond donors (Lipinski definition) is 2. The highest BCUT2D eigenvalue weighted by molar-refractivity contribution is 5.64. The molecule has 0 spiro atoms. The van der Waals surface area contributed by atoms with E-state index in [9.17, 15) is 0 Å². The Morgan fingerprint density at radius 3 is 2.69 bits per heavy atom. The average molecular weight is 179 g/mol. The minimum absolute atomic E-state index is 0.504. The maximum Gasteiger partial charge on any atom is 0.0736 e. The predicted octanol–water partition coefficient (Wildman–Crippen LogP) is 2.26. The third-order valence-electron chi connectivity index (χ3n) is 2.20. The topological polar surface area (TPSA) is 50.9 Å². The molecule has 3 nitrogen and oxygen atoms in total. The Balaban J connectivity index is 2.67. The lowest BCUT2D eigenvalue weighted by atomic mass is 10.1. The summed E-state index contributed by atoms with van der Waals surface area (Å²) in [6, 6.07) is 2.41. The van der Waals surface area contributed by atoms with Gasteiger partial charge in [0.25, 0.3) is 0 Å². The van der Waals surface area contributed by atoms with Crippen LogP contribution in [-0.2, 0) is 0 Å². The van der Waals surface area contributed by atoms with Crippen molar-refractivity contribution >= 4 is 11.4 Å². The van der Waals surface area contributed by atoms with Crippen LogP contribution in [0.1, 0.15) is 26.7 Å². The summed E-state index contributed by atoms with van der Waals surface area (Å²) in [7, 11) is 0. The summed E-state index contributed by atoms with van der Waals surface area (Å²) >= 11 is 0. The normalized spacial score (nSPS) is 10.4. The fourth-order valence-electron chi connectivity index (χ4n) is 1.25. The lowest BCUT2D eigenvalue weighted by molar-refractivity contribution is 0.672. The first kappa shape index (κ1) is 9.84. The Bertz CT molecular complexity index is 256. The Morgan fingerprint density at radius 2 is 2.15 bits per heavy atom. The molecule has 0 radical (unpaired) electrons. The fourth-order valence-corrected chi connectivity index (χ4v) is 1.25. The molecule has 0 amide bonds. The van der Waals surface area contributed by atoms with Gasteiger partial charge >= 0.3 is 0 Å². The van der Waals surface area contributed by atoms with Gasteiger partial charge in [0.15, 0.2) is 0 Å². The Kier molecular flexibility index (Phi) is 3.55. The van der Waals surface area contributed by atoms with Gasteiger partial charge in [0.05, 0.1) is 17.6 Å². The smallest absolute Gasteiger partial charge is 0.0736 e. The van der Waals surface area contributed by atoms with Crippen molar-refractivity contribution in [1.29, 1.82) is 0 Å². The van der Waals surface area contributed by atoms with Gasteiger partial charge in [-0.1, -0.05) is 13.8 Å². The molecule has 0 bridgehead atoms. The van der Waals surface area contributed by atoms with Crippen LogP contribution in [0.3, 0.4) is 0 Å². The third-order valence-corrected chi connectivity index (χ3v) is 2.20. The second-order valence-electron chi connectivity index (χ2n) is 3.12. The number of hydrogen-bond acceptors (Lipinski definition) is 3. The first-order valence-electron chi connectivity index (χ1n) is 4.74. The number of nitrogens with one attached hydrogen (secondary N) is 1. The molecule has 0 aliphatic rings. The van der Waals surface area contributed by atoms with E-state index < -0.39 is 0 Å². The SMILES string of the molecule is CCC(CC)Nc1ccncc1N. The van der Waals surface area contributed by atoms with Gasteiger partial charge in [0.1, 0.15) is 0 Å². The third kappa shape index (κ3) is 2.61. The first-order valence-corrected chi connectivity index (χ1v) is 4.74. The molecule has 3 N–H and O–H groups in total. The van der Waals surface area contributed by atoms with Crippen molar-refractivity contribution < 1.29 is 0 Å². The molecule has 1 aromatic rings. The summed E-state index contributed by atoms with van der Waals surface area (Å²) in [4.78, 5) is 3.94. The molecule has 0 aliphatic carbocycles. The minimum Gasteiger partial charge on any atom is -0.396 e. The molecule has 0 atom stereocenters. The summed E-state index contributed by atoms with van der Waals surface area (Å²) in [5, 5.41) is 3.38. The van der Waals surface area contributed by atoms with Gasteiger partial charge in [-0.25, -0.2) is 0 Å². The van der Waals surface area contributed by atoms with Crippen LogP contribution in [0.5, 0.6) is 0 Å². The molecular weight excluding hydrogens is 162 g/mol. The summed E-state index contributed by atoms with van der Waals surface area (Å²) in [6.45, 7) is 4.33. The van der Waals surface area contributed by atoms with Gasteiger partial charge in [-0.3, -0.25) is 4.98 Å². The van der Waals surface area contributed by atoms with Crippen molar-refractivity contribution in [2.75, 3.05) is 11.1 Å². The minimum atomic E-state index is 0.504.